The van der Waals surface area contributed by atoms with Gasteiger partial charge in [0, 0.05) is 4.43 Å². The number of rotatable bonds is 3. The number of alkyl halides is 1. The van der Waals surface area contributed by atoms with Crippen LogP contribution in [-0.4, -0.2) is 16.5 Å². The maximum Gasteiger partial charge on any atom is 0.309 e. The van der Waals surface area contributed by atoms with Crippen LogP contribution in [0.3, 0.4) is 0 Å². The molecular formula is C14H21IO2. The van der Waals surface area contributed by atoms with E-state index in [1.54, 1.807) is 0 Å². The van der Waals surface area contributed by atoms with Crippen molar-refractivity contribution in [1.29, 1.82) is 0 Å². The number of fused-ring (bicyclic) bond motifs is 5. The molecule has 0 heterocycles. The Bertz CT molecular complexity index is 317. The highest BCUT2D eigenvalue weighted by atomic mass is 127. The molecular weight excluding hydrogens is 327 g/mol. The van der Waals surface area contributed by atoms with Gasteiger partial charge >= 0.3 is 5.97 Å². The van der Waals surface area contributed by atoms with Gasteiger partial charge in [0.15, 0.2) is 0 Å². The molecule has 6 atom stereocenters. The molecule has 96 valence electrons. The molecule has 0 N–H and O–H groups in total. The number of ether oxygens (including phenoxy) is 1. The fraction of sp³-hybridized carbons (Fsp3) is 0.929. The average Bonchev–Trinajstić information content (AvgIpc) is 2.98. The summed E-state index contributed by atoms with van der Waals surface area (Å²) >= 11 is 2.26. The first-order valence-electron chi connectivity index (χ1n) is 6.97. The highest BCUT2D eigenvalue weighted by molar-refractivity contribution is 14.1. The zero-order chi connectivity index (χ0) is 12.0. The van der Waals surface area contributed by atoms with Crippen LogP contribution < -0.4 is 0 Å². The largest absolute Gasteiger partial charge is 0.462 e. The number of esters is 1. The Balaban J connectivity index is 1.62. The fourth-order valence-corrected chi connectivity index (χ4v) is 4.83. The lowest BCUT2D eigenvalue weighted by Crippen LogP contribution is -2.33. The van der Waals surface area contributed by atoms with E-state index in [4.69, 9.17) is 4.74 Å². The van der Waals surface area contributed by atoms with Crippen LogP contribution in [0.2, 0.25) is 0 Å². The van der Waals surface area contributed by atoms with Crippen LogP contribution in [0.25, 0.3) is 0 Å². The lowest BCUT2D eigenvalue weighted by molar-refractivity contribution is -0.156. The van der Waals surface area contributed by atoms with Crippen molar-refractivity contribution in [1.82, 2.24) is 0 Å². The predicted molar refractivity (Wildman–Crippen MR) is 75.0 cm³/mol. The third-order valence-electron chi connectivity index (χ3n) is 5.27. The number of carbonyl (C=O) groups excluding carboxylic acids is 1. The van der Waals surface area contributed by atoms with E-state index in [0.29, 0.717) is 5.92 Å². The molecule has 0 spiro atoms. The molecule has 0 aromatic rings. The van der Waals surface area contributed by atoms with Gasteiger partial charge < -0.3 is 4.74 Å². The van der Waals surface area contributed by atoms with Gasteiger partial charge in [-0.2, -0.15) is 0 Å². The van der Waals surface area contributed by atoms with Crippen molar-refractivity contribution in [2.75, 3.05) is 4.43 Å². The van der Waals surface area contributed by atoms with Crippen molar-refractivity contribution in [3.05, 3.63) is 0 Å². The molecule has 0 saturated heterocycles. The number of hydrogen-bond donors (Lipinski definition) is 0. The molecule has 17 heavy (non-hydrogen) atoms. The zero-order valence-corrected chi connectivity index (χ0v) is 12.6. The highest BCUT2D eigenvalue weighted by Gasteiger charge is 2.55. The molecule has 3 heteroatoms. The second-order valence-corrected chi connectivity index (χ2v) is 7.07. The summed E-state index contributed by atoms with van der Waals surface area (Å²) in [6.07, 6.45) is 7.00. The molecule has 3 fully saturated rings. The number of halogens is 1. The normalized spacial score (nSPS) is 44.7. The molecule has 0 aliphatic heterocycles. The molecule has 2 bridgehead atoms. The van der Waals surface area contributed by atoms with Crippen LogP contribution in [0.15, 0.2) is 0 Å². The van der Waals surface area contributed by atoms with E-state index in [2.05, 4.69) is 22.6 Å². The summed E-state index contributed by atoms with van der Waals surface area (Å²) in [6, 6.07) is 0. The van der Waals surface area contributed by atoms with Crippen molar-refractivity contribution < 1.29 is 9.53 Å². The highest BCUT2D eigenvalue weighted by Crippen LogP contribution is 2.59. The van der Waals surface area contributed by atoms with Gasteiger partial charge in [-0.15, -0.1) is 0 Å². The first-order valence-corrected chi connectivity index (χ1v) is 8.49. The minimum absolute atomic E-state index is 0.0338. The van der Waals surface area contributed by atoms with Crippen LogP contribution in [0.4, 0.5) is 0 Å². The standard InChI is InChI=1S/C14H21IO2/c1-8(7-15)14(16)17-13-6-9-5-12(13)11-4-2-3-10(9)11/h8-13H,2-7H2,1H3. The minimum atomic E-state index is 0.0338. The molecule has 2 nitrogen and oxygen atoms in total. The Morgan fingerprint density at radius 3 is 2.82 bits per heavy atom. The molecule has 0 amide bonds. The van der Waals surface area contributed by atoms with Crippen LogP contribution in [-0.2, 0) is 9.53 Å². The summed E-state index contributed by atoms with van der Waals surface area (Å²) in [6.45, 7) is 1.97. The predicted octanol–water partition coefficient (Wildman–Crippen LogP) is 3.43. The van der Waals surface area contributed by atoms with Gasteiger partial charge in [-0.3, -0.25) is 4.79 Å². The Hall–Kier alpha value is 0.200. The first kappa shape index (κ1) is 12.2. The van der Waals surface area contributed by atoms with Crippen molar-refractivity contribution in [3.63, 3.8) is 0 Å². The summed E-state index contributed by atoms with van der Waals surface area (Å²) < 4.78 is 6.63. The van der Waals surface area contributed by atoms with Crippen molar-refractivity contribution in [2.24, 2.45) is 29.6 Å². The topological polar surface area (TPSA) is 26.3 Å². The fourth-order valence-electron chi connectivity index (χ4n) is 4.47. The monoisotopic (exact) mass is 348 g/mol. The second kappa shape index (κ2) is 4.71. The van der Waals surface area contributed by atoms with Crippen molar-refractivity contribution >= 4 is 28.6 Å². The van der Waals surface area contributed by atoms with E-state index in [0.717, 1.165) is 28.6 Å². The Kier molecular flexibility index (Phi) is 3.39. The zero-order valence-electron chi connectivity index (χ0n) is 10.4. The Morgan fingerprint density at radius 2 is 2.06 bits per heavy atom. The van der Waals surface area contributed by atoms with Crippen molar-refractivity contribution in [3.8, 4) is 0 Å². The molecule has 3 saturated carbocycles. The second-order valence-electron chi connectivity index (χ2n) is 6.18. The Labute approximate surface area is 117 Å². The quantitative estimate of drug-likeness (QED) is 0.444. The minimum Gasteiger partial charge on any atom is -0.462 e. The lowest BCUT2D eigenvalue weighted by Gasteiger charge is -2.31. The number of hydrogen-bond acceptors (Lipinski definition) is 2. The average molecular weight is 348 g/mol. The Morgan fingerprint density at radius 1 is 1.29 bits per heavy atom. The molecule has 6 unspecified atom stereocenters. The van der Waals surface area contributed by atoms with Gasteiger partial charge in [0.25, 0.3) is 0 Å². The molecule has 3 rings (SSSR count). The van der Waals surface area contributed by atoms with E-state index in [-0.39, 0.29) is 18.0 Å². The first-order chi connectivity index (χ1) is 8.20. The van der Waals surface area contributed by atoms with Gasteiger partial charge in [-0.25, -0.2) is 0 Å². The maximum atomic E-state index is 11.9. The van der Waals surface area contributed by atoms with Crippen LogP contribution >= 0.6 is 22.6 Å². The molecule has 0 aromatic carbocycles. The van der Waals surface area contributed by atoms with E-state index in [1.165, 1.54) is 25.7 Å². The molecule has 0 radical (unpaired) electrons. The summed E-state index contributed by atoms with van der Waals surface area (Å²) in [7, 11) is 0. The summed E-state index contributed by atoms with van der Waals surface area (Å²) in [5.74, 6) is 3.55. The summed E-state index contributed by atoms with van der Waals surface area (Å²) in [5, 5.41) is 0. The van der Waals surface area contributed by atoms with E-state index < -0.39 is 0 Å². The maximum absolute atomic E-state index is 11.9. The van der Waals surface area contributed by atoms with Crippen LogP contribution in [0.1, 0.15) is 39.0 Å². The van der Waals surface area contributed by atoms with Crippen molar-refractivity contribution in [2.45, 2.75) is 45.1 Å². The van der Waals surface area contributed by atoms with Gasteiger partial charge in [0.2, 0.25) is 0 Å². The van der Waals surface area contributed by atoms with Crippen LogP contribution in [0.5, 0.6) is 0 Å². The number of carbonyl (C=O) groups is 1. The van der Waals surface area contributed by atoms with E-state index in [1.807, 2.05) is 6.92 Å². The van der Waals surface area contributed by atoms with E-state index in [9.17, 15) is 4.79 Å². The molecule has 0 aromatic heterocycles. The summed E-state index contributed by atoms with van der Waals surface area (Å²) in [5.41, 5.74) is 0. The van der Waals surface area contributed by atoms with Gasteiger partial charge in [0.05, 0.1) is 5.92 Å². The third-order valence-corrected chi connectivity index (χ3v) is 6.59. The van der Waals surface area contributed by atoms with Gasteiger partial charge in [0.1, 0.15) is 6.10 Å². The smallest absolute Gasteiger partial charge is 0.309 e. The SMILES string of the molecule is CC(CI)C(=O)OC1CC2CC1C1CCCC21. The van der Waals surface area contributed by atoms with Gasteiger partial charge in [-0.1, -0.05) is 35.9 Å². The molecule has 3 aliphatic rings. The third kappa shape index (κ3) is 2.02. The summed E-state index contributed by atoms with van der Waals surface area (Å²) in [4.78, 5) is 11.9. The van der Waals surface area contributed by atoms with E-state index >= 15 is 0 Å². The van der Waals surface area contributed by atoms with Gasteiger partial charge in [-0.05, 0) is 49.4 Å². The lowest BCUT2D eigenvalue weighted by atomic mass is 9.80. The van der Waals surface area contributed by atoms with Crippen LogP contribution in [0, 0.1) is 29.6 Å². The molecule has 3 aliphatic carbocycles.